The highest BCUT2D eigenvalue weighted by Gasteiger charge is 2.10. The molecule has 7 heteroatoms. The first kappa shape index (κ1) is 14.7. The van der Waals surface area contributed by atoms with Crippen molar-refractivity contribution < 1.29 is 9.18 Å². The quantitative estimate of drug-likeness (QED) is 0.796. The van der Waals surface area contributed by atoms with E-state index < -0.39 is 11.7 Å². The van der Waals surface area contributed by atoms with Gasteiger partial charge in [0.05, 0.1) is 16.1 Å². The molecule has 0 aliphatic rings. The SMILES string of the molecule is O=C(Cn1ccc2sccc2c1=O)Nc1ccc(F)cc1Cl. The van der Waals surface area contributed by atoms with Crippen LogP contribution in [0.4, 0.5) is 10.1 Å². The summed E-state index contributed by atoms with van der Waals surface area (Å²) >= 11 is 7.32. The Morgan fingerprint density at radius 1 is 1.32 bits per heavy atom. The topological polar surface area (TPSA) is 51.1 Å². The molecule has 112 valence electrons. The molecule has 0 aliphatic carbocycles. The zero-order valence-electron chi connectivity index (χ0n) is 11.2. The normalized spacial score (nSPS) is 10.8. The number of nitrogens with zero attached hydrogens (tertiary/aromatic N) is 1. The van der Waals surface area contributed by atoms with Crippen molar-refractivity contribution in [2.75, 3.05) is 5.32 Å². The van der Waals surface area contributed by atoms with Crippen LogP contribution in [0, 0.1) is 5.82 Å². The number of hydrogen-bond acceptors (Lipinski definition) is 3. The van der Waals surface area contributed by atoms with Crippen LogP contribution in [0.15, 0.2) is 46.7 Å². The fourth-order valence-corrected chi connectivity index (χ4v) is 3.05. The van der Waals surface area contributed by atoms with Gasteiger partial charge in [0.1, 0.15) is 12.4 Å². The summed E-state index contributed by atoms with van der Waals surface area (Å²) in [7, 11) is 0. The van der Waals surface area contributed by atoms with Crippen molar-refractivity contribution in [3.05, 3.63) is 63.1 Å². The molecule has 3 aromatic rings. The minimum Gasteiger partial charge on any atom is -0.323 e. The average molecular weight is 337 g/mol. The molecule has 0 unspecified atom stereocenters. The highest BCUT2D eigenvalue weighted by atomic mass is 35.5. The number of fused-ring (bicyclic) bond motifs is 1. The van der Waals surface area contributed by atoms with Crippen molar-refractivity contribution in [1.29, 1.82) is 0 Å². The van der Waals surface area contributed by atoms with E-state index in [4.69, 9.17) is 11.6 Å². The van der Waals surface area contributed by atoms with E-state index in [1.807, 2.05) is 5.38 Å². The molecule has 0 bridgehead atoms. The predicted octanol–water partition coefficient (Wildman–Crippen LogP) is 3.49. The summed E-state index contributed by atoms with van der Waals surface area (Å²) in [6.07, 6.45) is 1.58. The predicted molar refractivity (Wildman–Crippen MR) is 86.1 cm³/mol. The molecule has 22 heavy (non-hydrogen) atoms. The second kappa shape index (κ2) is 5.90. The molecule has 3 rings (SSSR count). The van der Waals surface area contributed by atoms with Gasteiger partial charge in [-0.2, -0.15) is 0 Å². The molecule has 0 aliphatic heterocycles. The van der Waals surface area contributed by atoms with Gasteiger partial charge in [-0.15, -0.1) is 11.3 Å². The zero-order valence-corrected chi connectivity index (χ0v) is 12.7. The van der Waals surface area contributed by atoms with E-state index in [1.54, 1.807) is 18.3 Å². The number of nitrogens with one attached hydrogen (secondary N) is 1. The Balaban J connectivity index is 1.81. The fraction of sp³-hybridized carbons (Fsp3) is 0.0667. The van der Waals surface area contributed by atoms with E-state index in [9.17, 15) is 14.0 Å². The molecule has 1 aromatic carbocycles. The highest BCUT2D eigenvalue weighted by Crippen LogP contribution is 2.22. The van der Waals surface area contributed by atoms with Crippen molar-refractivity contribution in [2.45, 2.75) is 6.54 Å². The Morgan fingerprint density at radius 2 is 2.14 bits per heavy atom. The Labute approximate surface area is 133 Å². The van der Waals surface area contributed by atoms with Gasteiger partial charge in [0.25, 0.3) is 5.56 Å². The molecule has 0 saturated carbocycles. The number of hydrogen-bond donors (Lipinski definition) is 1. The van der Waals surface area contributed by atoms with Gasteiger partial charge >= 0.3 is 0 Å². The lowest BCUT2D eigenvalue weighted by Crippen LogP contribution is -2.27. The van der Waals surface area contributed by atoms with Gasteiger partial charge in [0, 0.05) is 10.9 Å². The van der Waals surface area contributed by atoms with Gasteiger partial charge in [-0.05, 0) is 35.7 Å². The van der Waals surface area contributed by atoms with Gasteiger partial charge in [-0.25, -0.2) is 4.39 Å². The largest absolute Gasteiger partial charge is 0.323 e. The van der Waals surface area contributed by atoms with E-state index in [-0.39, 0.29) is 17.1 Å². The summed E-state index contributed by atoms with van der Waals surface area (Å²) in [5.41, 5.74) is 0.0804. The van der Waals surface area contributed by atoms with Gasteiger partial charge in [0.2, 0.25) is 5.91 Å². The van der Waals surface area contributed by atoms with Crippen molar-refractivity contribution in [3.8, 4) is 0 Å². The molecule has 1 N–H and O–H groups in total. The molecule has 1 amide bonds. The fourth-order valence-electron chi connectivity index (χ4n) is 2.07. The van der Waals surface area contributed by atoms with Crippen LogP contribution in [-0.4, -0.2) is 10.5 Å². The van der Waals surface area contributed by atoms with E-state index in [0.29, 0.717) is 11.1 Å². The summed E-state index contributed by atoms with van der Waals surface area (Å²) in [5, 5.41) is 5.08. The number of aromatic nitrogens is 1. The molecular weight excluding hydrogens is 327 g/mol. The standard InChI is InChI=1S/C15H10ClFN2O2S/c16-11-7-9(17)1-2-12(11)18-14(20)8-19-5-3-13-10(15(19)21)4-6-22-13/h1-7H,8H2,(H,18,20). The average Bonchev–Trinajstić information content (AvgIpc) is 2.94. The van der Waals surface area contributed by atoms with Crippen LogP contribution in [0.25, 0.3) is 10.1 Å². The maximum Gasteiger partial charge on any atom is 0.259 e. The maximum absolute atomic E-state index is 13.0. The van der Waals surface area contributed by atoms with E-state index >= 15 is 0 Å². The Kier molecular flexibility index (Phi) is 3.96. The summed E-state index contributed by atoms with van der Waals surface area (Å²) in [6.45, 7) is -0.141. The van der Waals surface area contributed by atoms with Crippen LogP contribution in [0.5, 0.6) is 0 Å². The monoisotopic (exact) mass is 336 g/mol. The van der Waals surface area contributed by atoms with E-state index in [2.05, 4.69) is 5.32 Å². The molecule has 0 radical (unpaired) electrons. The number of pyridine rings is 1. The lowest BCUT2D eigenvalue weighted by Gasteiger charge is -2.09. The number of halogens is 2. The van der Waals surface area contributed by atoms with Gasteiger partial charge in [0.15, 0.2) is 0 Å². The minimum absolute atomic E-state index is 0.106. The third-order valence-corrected chi connectivity index (χ3v) is 4.31. The van der Waals surface area contributed by atoms with Crippen LogP contribution in [-0.2, 0) is 11.3 Å². The van der Waals surface area contributed by atoms with Gasteiger partial charge in [-0.3, -0.25) is 9.59 Å². The second-order valence-corrected chi connectivity index (χ2v) is 5.97. The van der Waals surface area contributed by atoms with Crippen LogP contribution >= 0.6 is 22.9 Å². The van der Waals surface area contributed by atoms with Crippen molar-refractivity contribution in [1.82, 2.24) is 4.57 Å². The Hall–Kier alpha value is -2.18. The molecule has 0 spiro atoms. The molecular formula is C15H10ClFN2O2S. The third kappa shape index (κ3) is 2.88. The van der Waals surface area contributed by atoms with E-state index in [1.165, 1.54) is 28.0 Å². The molecule has 0 fully saturated rings. The van der Waals surface area contributed by atoms with Crippen LogP contribution in [0.2, 0.25) is 5.02 Å². The van der Waals surface area contributed by atoms with Crippen LogP contribution < -0.4 is 10.9 Å². The lowest BCUT2D eigenvalue weighted by molar-refractivity contribution is -0.116. The lowest BCUT2D eigenvalue weighted by atomic mass is 10.3. The number of rotatable bonds is 3. The third-order valence-electron chi connectivity index (χ3n) is 3.11. The number of carbonyl (C=O) groups is 1. The van der Waals surface area contributed by atoms with Gasteiger partial charge in [-0.1, -0.05) is 11.6 Å². The first-order valence-corrected chi connectivity index (χ1v) is 7.62. The van der Waals surface area contributed by atoms with Crippen LogP contribution in [0.3, 0.4) is 0 Å². The summed E-state index contributed by atoms with van der Waals surface area (Å²) in [5.74, 6) is -0.896. The molecule has 0 saturated heterocycles. The Morgan fingerprint density at radius 3 is 2.91 bits per heavy atom. The number of amides is 1. The molecule has 2 heterocycles. The van der Waals surface area contributed by atoms with Crippen molar-refractivity contribution in [3.63, 3.8) is 0 Å². The molecule has 0 atom stereocenters. The van der Waals surface area contributed by atoms with Gasteiger partial charge < -0.3 is 9.88 Å². The van der Waals surface area contributed by atoms with Crippen molar-refractivity contribution in [2.24, 2.45) is 0 Å². The number of benzene rings is 1. The first-order chi connectivity index (χ1) is 10.5. The number of thiophene rings is 1. The maximum atomic E-state index is 13.0. The summed E-state index contributed by atoms with van der Waals surface area (Å²) < 4.78 is 15.2. The van der Waals surface area contributed by atoms with Crippen LogP contribution in [0.1, 0.15) is 0 Å². The smallest absolute Gasteiger partial charge is 0.259 e. The highest BCUT2D eigenvalue weighted by molar-refractivity contribution is 7.17. The summed E-state index contributed by atoms with van der Waals surface area (Å²) in [6, 6.07) is 7.21. The van der Waals surface area contributed by atoms with Crippen molar-refractivity contribution >= 4 is 44.6 Å². The zero-order chi connectivity index (χ0) is 15.7. The Bertz CT molecular complexity index is 919. The number of carbonyl (C=O) groups excluding carboxylic acids is 1. The molecule has 2 aromatic heterocycles. The summed E-state index contributed by atoms with van der Waals surface area (Å²) in [4.78, 5) is 24.2. The minimum atomic E-state index is -0.484. The number of anilines is 1. The second-order valence-electron chi connectivity index (χ2n) is 4.62. The molecule has 4 nitrogen and oxygen atoms in total. The van der Waals surface area contributed by atoms with E-state index in [0.717, 1.165) is 10.8 Å². The first-order valence-electron chi connectivity index (χ1n) is 6.36.